The van der Waals surface area contributed by atoms with Gasteiger partial charge in [0.1, 0.15) is 0 Å². The summed E-state index contributed by atoms with van der Waals surface area (Å²) in [5.41, 5.74) is 1.23. The maximum Gasteiger partial charge on any atom is 0.0625 e. The standard InChI is InChI=1S/C14H21ClN2/c15-14(11-5-6-11)8-7-12-9-10-17(16-12)13-3-1-2-4-13/h9-11,13-14H,1-8H2. The molecule has 0 saturated heterocycles. The number of rotatable bonds is 5. The summed E-state index contributed by atoms with van der Waals surface area (Å²) in [7, 11) is 0. The van der Waals surface area contributed by atoms with Crippen LogP contribution in [-0.2, 0) is 6.42 Å². The molecule has 0 aliphatic heterocycles. The van der Waals surface area contributed by atoms with Crippen molar-refractivity contribution in [3.63, 3.8) is 0 Å². The van der Waals surface area contributed by atoms with Gasteiger partial charge in [0.25, 0.3) is 0 Å². The van der Waals surface area contributed by atoms with E-state index in [-0.39, 0.29) is 0 Å². The average molecular weight is 253 g/mol. The van der Waals surface area contributed by atoms with E-state index in [1.165, 1.54) is 44.2 Å². The second-order valence-corrected chi connectivity index (χ2v) is 6.18. The van der Waals surface area contributed by atoms with Crippen molar-refractivity contribution in [1.82, 2.24) is 9.78 Å². The van der Waals surface area contributed by atoms with Crippen molar-refractivity contribution >= 4 is 11.6 Å². The highest BCUT2D eigenvalue weighted by Crippen LogP contribution is 2.37. The van der Waals surface area contributed by atoms with E-state index in [0.29, 0.717) is 11.4 Å². The number of hydrogen-bond acceptors (Lipinski definition) is 1. The van der Waals surface area contributed by atoms with E-state index in [4.69, 9.17) is 16.7 Å². The Morgan fingerprint density at radius 2 is 2.06 bits per heavy atom. The SMILES string of the molecule is ClC(CCc1ccn(C2CCCC2)n1)C1CC1. The van der Waals surface area contributed by atoms with E-state index in [1.54, 1.807) is 0 Å². The molecule has 1 aromatic heterocycles. The molecule has 1 aromatic rings. The van der Waals surface area contributed by atoms with E-state index in [9.17, 15) is 0 Å². The maximum atomic E-state index is 6.33. The maximum absolute atomic E-state index is 6.33. The van der Waals surface area contributed by atoms with Crippen LogP contribution in [0.1, 0.15) is 56.7 Å². The van der Waals surface area contributed by atoms with E-state index in [2.05, 4.69) is 16.9 Å². The highest BCUT2D eigenvalue weighted by Gasteiger charge is 2.29. The number of aryl methyl sites for hydroxylation is 1. The number of hydrogen-bond donors (Lipinski definition) is 0. The summed E-state index contributed by atoms with van der Waals surface area (Å²) in [6, 6.07) is 2.84. The molecule has 2 aliphatic carbocycles. The van der Waals surface area contributed by atoms with Crippen LogP contribution >= 0.6 is 11.6 Å². The van der Waals surface area contributed by atoms with Crippen molar-refractivity contribution in [1.29, 1.82) is 0 Å². The van der Waals surface area contributed by atoms with Crippen LogP contribution in [0.2, 0.25) is 0 Å². The fourth-order valence-electron chi connectivity index (χ4n) is 2.86. The number of aromatic nitrogens is 2. The van der Waals surface area contributed by atoms with Gasteiger partial charge in [0, 0.05) is 11.6 Å². The molecule has 1 unspecified atom stereocenters. The van der Waals surface area contributed by atoms with Crippen LogP contribution in [0.15, 0.2) is 12.3 Å². The van der Waals surface area contributed by atoms with Crippen LogP contribution in [0.3, 0.4) is 0 Å². The molecule has 3 rings (SSSR count). The Morgan fingerprint density at radius 1 is 1.29 bits per heavy atom. The zero-order valence-electron chi connectivity index (χ0n) is 10.3. The molecule has 2 fully saturated rings. The van der Waals surface area contributed by atoms with Crippen LogP contribution in [-0.4, -0.2) is 15.2 Å². The Labute approximate surface area is 108 Å². The lowest BCUT2D eigenvalue weighted by Crippen LogP contribution is -2.07. The predicted molar refractivity (Wildman–Crippen MR) is 70.4 cm³/mol. The van der Waals surface area contributed by atoms with Gasteiger partial charge in [-0.3, -0.25) is 4.68 Å². The molecule has 94 valence electrons. The van der Waals surface area contributed by atoms with Gasteiger partial charge >= 0.3 is 0 Å². The van der Waals surface area contributed by atoms with Gasteiger partial charge in [-0.2, -0.15) is 5.10 Å². The number of halogens is 1. The predicted octanol–water partition coefficient (Wildman–Crippen LogP) is 3.95. The smallest absolute Gasteiger partial charge is 0.0625 e. The molecule has 2 nitrogen and oxygen atoms in total. The zero-order chi connectivity index (χ0) is 11.7. The summed E-state index contributed by atoms with van der Waals surface area (Å²) in [5.74, 6) is 0.800. The third-order valence-corrected chi connectivity index (χ3v) is 4.75. The van der Waals surface area contributed by atoms with Crippen LogP contribution in [0.25, 0.3) is 0 Å². The first-order chi connectivity index (χ1) is 8.33. The van der Waals surface area contributed by atoms with Gasteiger partial charge in [0.2, 0.25) is 0 Å². The van der Waals surface area contributed by atoms with Gasteiger partial charge in [-0.25, -0.2) is 0 Å². The first-order valence-electron chi connectivity index (χ1n) is 7.01. The van der Waals surface area contributed by atoms with Crippen molar-refractivity contribution < 1.29 is 0 Å². The summed E-state index contributed by atoms with van der Waals surface area (Å²) in [4.78, 5) is 0. The number of alkyl halides is 1. The Morgan fingerprint density at radius 3 is 2.76 bits per heavy atom. The van der Waals surface area contributed by atoms with Crippen molar-refractivity contribution in [3.05, 3.63) is 18.0 Å². The molecule has 2 aliphatic rings. The highest BCUT2D eigenvalue weighted by molar-refractivity contribution is 6.20. The molecule has 0 radical (unpaired) electrons. The molecular weight excluding hydrogens is 232 g/mol. The summed E-state index contributed by atoms with van der Waals surface area (Å²) in [6.45, 7) is 0. The van der Waals surface area contributed by atoms with Crippen LogP contribution < -0.4 is 0 Å². The summed E-state index contributed by atoms with van der Waals surface area (Å²) in [5, 5.41) is 5.08. The van der Waals surface area contributed by atoms with E-state index in [0.717, 1.165) is 18.8 Å². The fourth-order valence-corrected chi connectivity index (χ4v) is 3.22. The van der Waals surface area contributed by atoms with Crippen LogP contribution in [0.4, 0.5) is 0 Å². The van der Waals surface area contributed by atoms with Crippen LogP contribution in [0, 0.1) is 5.92 Å². The Hall–Kier alpha value is -0.500. The van der Waals surface area contributed by atoms with Crippen molar-refractivity contribution in [3.8, 4) is 0 Å². The normalized spacial score (nSPS) is 23.1. The van der Waals surface area contributed by atoms with E-state index >= 15 is 0 Å². The molecule has 2 saturated carbocycles. The summed E-state index contributed by atoms with van der Waals surface area (Å²) >= 11 is 6.33. The van der Waals surface area contributed by atoms with Crippen LogP contribution in [0.5, 0.6) is 0 Å². The second-order valence-electron chi connectivity index (χ2n) is 5.62. The van der Waals surface area contributed by atoms with Gasteiger partial charge in [-0.1, -0.05) is 12.8 Å². The average Bonchev–Trinajstić information content (AvgIpc) is 2.87. The first kappa shape index (κ1) is 11.6. The molecule has 3 heteroatoms. The van der Waals surface area contributed by atoms with Gasteiger partial charge < -0.3 is 0 Å². The zero-order valence-corrected chi connectivity index (χ0v) is 11.1. The van der Waals surface area contributed by atoms with E-state index in [1.807, 2.05) is 0 Å². The molecule has 1 heterocycles. The Kier molecular flexibility index (Phi) is 3.41. The second kappa shape index (κ2) is 5.01. The third kappa shape index (κ3) is 2.85. The molecule has 1 atom stereocenters. The van der Waals surface area contributed by atoms with Gasteiger partial charge in [0.15, 0.2) is 0 Å². The Balaban J connectivity index is 1.52. The quantitative estimate of drug-likeness (QED) is 0.726. The largest absolute Gasteiger partial charge is 0.269 e. The molecule has 0 aromatic carbocycles. The highest BCUT2D eigenvalue weighted by atomic mass is 35.5. The van der Waals surface area contributed by atoms with Gasteiger partial charge in [0.05, 0.1) is 11.7 Å². The summed E-state index contributed by atoms with van der Waals surface area (Å²) < 4.78 is 2.18. The number of nitrogens with zero attached hydrogens (tertiary/aromatic N) is 2. The molecule has 0 N–H and O–H groups in total. The first-order valence-corrected chi connectivity index (χ1v) is 7.44. The Bertz CT molecular complexity index is 364. The van der Waals surface area contributed by atoms with Crippen molar-refractivity contribution in [2.45, 2.75) is 62.8 Å². The minimum atomic E-state index is 0.381. The lowest BCUT2D eigenvalue weighted by Gasteiger charge is -2.09. The lowest BCUT2D eigenvalue weighted by molar-refractivity contribution is 0.462. The van der Waals surface area contributed by atoms with Crippen molar-refractivity contribution in [2.24, 2.45) is 5.92 Å². The minimum Gasteiger partial charge on any atom is -0.269 e. The third-order valence-electron chi connectivity index (χ3n) is 4.17. The molecule has 0 bridgehead atoms. The fraction of sp³-hybridized carbons (Fsp3) is 0.786. The summed E-state index contributed by atoms with van der Waals surface area (Å²) in [6.07, 6.45) is 12.3. The van der Waals surface area contributed by atoms with Gasteiger partial charge in [-0.05, 0) is 50.5 Å². The molecular formula is C14H21ClN2. The monoisotopic (exact) mass is 252 g/mol. The van der Waals surface area contributed by atoms with Gasteiger partial charge in [-0.15, -0.1) is 11.6 Å². The van der Waals surface area contributed by atoms with E-state index < -0.39 is 0 Å². The molecule has 0 spiro atoms. The van der Waals surface area contributed by atoms with Crippen molar-refractivity contribution in [2.75, 3.05) is 0 Å². The molecule has 17 heavy (non-hydrogen) atoms. The topological polar surface area (TPSA) is 17.8 Å². The minimum absolute atomic E-state index is 0.381. The lowest BCUT2D eigenvalue weighted by atomic mass is 10.1. The molecule has 0 amide bonds.